The SMILES string of the molecule is CC(=O)Nc1ccc(OCCOCCOCCOCCOCCOCCOCCNC(=O)CCNC(=O)c2nc(NC(=O)CCNC(=O)c3cc(NC(=O)c4nc(NC(=O)CCNC(=O)c5cc(NC(=O)c6nccn6C)cn5C)cn4C)cn3C)cn2C)cc1. The van der Waals surface area contributed by atoms with E-state index in [0.29, 0.717) is 96.4 Å². The molecule has 0 saturated heterocycles. The van der Waals surface area contributed by atoms with Crippen LogP contribution in [-0.4, -0.2) is 203 Å². The number of hydrogen-bond donors (Lipinski definition) is 9. The van der Waals surface area contributed by atoms with Crippen LogP contribution in [0, 0.1) is 0 Å². The number of carbonyl (C=O) groups is 9. The average molecular weight is 1270 g/mol. The van der Waals surface area contributed by atoms with Gasteiger partial charge in [0.2, 0.25) is 35.3 Å². The molecule has 5 heterocycles. The molecule has 0 unspecified atom stereocenters. The summed E-state index contributed by atoms with van der Waals surface area (Å²) < 4.78 is 46.0. The lowest BCUT2D eigenvalue weighted by Crippen LogP contribution is -2.33. The van der Waals surface area contributed by atoms with Crippen LogP contribution in [0.1, 0.15) is 79.0 Å². The molecular formula is C58H79N17O16. The van der Waals surface area contributed by atoms with Gasteiger partial charge in [-0.1, -0.05) is 0 Å². The summed E-state index contributed by atoms with van der Waals surface area (Å²) >= 11 is 0. The molecule has 5 aromatic heterocycles. The van der Waals surface area contributed by atoms with Crippen LogP contribution >= 0.6 is 0 Å². The summed E-state index contributed by atoms with van der Waals surface area (Å²) in [5, 5.41) is 24.0. The minimum absolute atomic E-state index is 0.00184. The summed E-state index contributed by atoms with van der Waals surface area (Å²) in [6.45, 7) is 6.71. The average Bonchev–Trinajstić information content (AvgIpc) is 2.40. The largest absolute Gasteiger partial charge is 0.491 e. The molecule has 33 nitrogen and oxygen atoms in total. The van der Waals surface area contributed by atoms with Crippen molar-refractivity contribution in [2.75, 3.05) is 139 Å². The molecule has 0 atom stereocenters. The molecule has 0 aliphatic rings. The Morgan fingerprint density at radius 3 is 1.26 bits per heavy atom. The number of amides is 9. The molecule has 0 radical (unpaired) electrons. The maximum atomic E-state index is 13.3. The highest BCUT2D eigenvalue weighted by atomic mass is 16.6. The molecule has 6 aromatic rings. The maximum absolute atomic E-state index is 13.3. The Bertz CT molecular complexity index is 3380. The third-order valence-electron chi connectivity index (χ3n) is 12.7. The molecule has 1 aromatic carbocycles. The van der Waals surface area contributed by atoms with Gasteiger partial charge >= 0.3 is 0 Å². The van der Waals surface area contributed by atoms with E-state index in [4.69, 9.17) is 33.2 Å². The molecule has 9 N–H and O–H groups in total. The minimum Gasteiger partial charge on any atom is -0.491 e. The summed E-state index contributed by atoms with van der Waals surface area (Å²) in [7, 11) is 8.04. The molecule has 0 bridgehead atoms. The number of ether oxygens (including phenoxy) is 7. The van der Waals surface area contributed by atoms with Gasteiger partial charge in [-0.05, 0) is 36.4 Å². The highest BCUT2D eigenvalue weighted by molar-refractivity contribution is 6.05. The van der Waals surface area contributed by atoms with E-state index in [1.54, 1.807) is 76.5 Å². The van der Waals surface area contributed by atoms with Gasteiger partial charge in [0, 0.05) is 130 Å². The summed E-state index contributed by atoms with van der Waals surface area (Å²) in [6, 6.07) is 10.0. The number of aryl methyl sites for hydroxylation is 5. The first-order chi connectivity index (χ1) is 43.8. The molecule has 6 rings (SSSR count). The summed E-state index contributed by atoms with van der Waals surface area (Å²) in [4.78, 5) is 126. The van der Waals surface area contributed by atoms with E-state index in [9.17, 15) is 43.2 Å². The Morgan fingerprint density at radius 2 is 0.813 bits per heavy atom. The fourth-order valence-corrected chi connectivity index (χ4v) is 8.30. The lowest BCUT2D eigenvalue weighted by Gasteiger charge is -2.09. The van der Waals surface area contributed by atoms with Crippen molar-refractivity contribution in [1.29, 1.82) is 0 Å². The van der Waals surface area contributed by atoms with Crippen molar-refractivity contribution in [3.05, 3.63) is 102 Å². The van der Waals surface area contributed by atoms with Crippen molar-refractivity contribution < 1.29 is 76.3 Å². The molecule has 0 saturated carbocycles. The number of hydrogen-bond acceptors (Lipinski definition) is 19. The molecule has 91 heavy (non-hydrogen) atoms. The van der Waals surface area contributed by atoms with Gasteiger partial charge in [-0.2, -0.15) is 0 Å². The first-order valence-corrected chi connectivity index (χ1v) is 29.0. The van der Waals surface area contributed by atoms with Crippen molar-refractivity contribution in [3.63, 3.8) is 0 Å². The number of carbonyl (C=O) groups excluding carboxylic acids is 9. The van der Waals surface area contributed by atoms with Crippen LogP contribution in [-0.2, 0) is 82.8 Å². The van der Waals surface area contributed by atoms with E-state index in [1.165, 1.54) is 62.1 Å². The number of nitrogens with one attached hydrogen (secondary N) is 9. The second kappa shape index (κ2) is 37.3. The first-order valence-electron chi connectivity index (χ1n) is 29.0. The van der Waals surface area contributed by atoms with Crippen molar-refractivity contribution in [1.82, 2.24) is 59.1 Å². The standard InChI is InChI=1S/C58H79N17O16/c1-39(76)64-40-7-9-43(10-8-40)91-32-31-90-30-29-89-28-27-88-26-25-87-24-23-86-22-21-85-20-18-59-48(77)11-14-63-56(82)52-69-46(37-74(52)5)67-49(78)12-15-62-55(81)45-34-42(36-73(45)4)66-58(84)53-70-47(38-75(53)6)68-50(79)13-16-61-54(80)44-33-41(35-72(44)3)65-57(83)51-60-17-19-71(51)2/h7-10,17,19,33-38H,11-16,18,20-32H2,1-6H3,(H,59,77)(H,61,80)(H,62,81)(H,63,82)(H,64,76)(H,65,83)(H,66,84)(H,67,78)(H,68,79). The molecular weight excluding hydrogens is 1190 g/mol. The molecule has 33 heteroatoms. The number of nitrogens with zero attached hydrogens (tertiary/aromatic N) is 8. The second-order valence-electron chi connectivity index (χ2n) is 20.0. The summed E-state index contributed by atoms with van der Waals surface area (Å²) in [6.07, 6.45) is 8.83. The van der Waals surface area contributed by atoms with Crippen molar-refractivity contribution in [2.45, 2.75) is 26.2 Å². The molecule has 0 aliphatic carbocycles. The lowest BCUT2D eigenvalue weighted by molar-refractivity contribution is -0.121. The van der Waals surface area contributed by atoms with E-state index in [0.717, 1.165) is 0 Å². The molecule has 492 valence electrons. The zero-order chi connectivity index (χ0) is 65.5. The summed E-state index contributed by atoms with van der Waals surface area (Å²) in [5.74, 6) is -3.06. The Labute approximate surface area is 523 Å². The third-order valence-corrected chi connectivity index (χ3v) is 12.7. The highest BCUT2D eigenvalue weighted by Gasteiger charge is 2.21. The smallest absolute Gasteiger partial charge is 0.291 e. The molecule has 0 aliphatic heterocycles. The van der Waals surface area contributed by atoms with Gasteiger partial charge in [-0.3, -0.25) is 43.2 Å². The Kier molecular flexibility index (Phi) is 28.8. The van der Waals surface area contributed by atoms with Crippen molar-refractivity contribution >= 4 is 81.9 Å². The predicted molar refractivity (Wildman–Crippen MR) is 329 cm³/mol. The number of imidazole rings is 3. The fraction of sp³-hybridized carbons (Fsp3) is 0.448. The van der Waals surface area contributed by atoms with E-state index in [2.05, 4.69) is 62.8 Å². The van der Waals surface area contributed by atoms with Crippen LogP contribution in [0.4, 0.5) is 28.7 Å². The van der Waals surface area contributed by atoms with Crippen molar-refractivity contribution in [3.8, 4) is 5.75 Å². The van der Waals surface area contributed by atoms with Crippen molar-refractivity contribution in [2.24, 2.45) is 35.2 Å². The van der Waals surface area contributed by atoms with Crippen LogP contribution in [0.25, 0.3) is 0 Å². The van der Waals surface area contributed by atoms with Crippen LogP contribution in [0.2, 0.25) is 0 Å². The van der Waals surface area contributed by atoms with Gasteiger partial charge in [-0.25, -0.2) is 15.0 Å². The number of aromatic nitrogens is 8. The van der Waals surface area contributed by atoms with E-state index < -0.39 is 41.4 Å². The van der Waals surface area contributed by atoms with Gasteiger partial charge in [0.05, 0.1) is 90.7 Å². The third kappa shape index (κ3) is 24.6. The maximum Gasteiger partial charge on any atom is 0.291 e. The summed E-state index contributed by atoms with van der Waals surface area (Å²) in [5.41, 5.74) is 1.77. The monoisotopic (exact) mass is 1270 g/mol. The van der Waals surface area contributed by atoms with Gasteiger partial charge < -0.3 is 104 Å². The number of anilines is 5. The normalized spacial score (nSPS) is 11.0. The highest BCUT2D eigenvalue weighted by Crippen LogP contribution is 2.18. The Hall–Kier alpha value is -9.80. The van der Waals surface area contributed by atoms with Gasteiger partial charge in [0.1, 0.15) is 23.7 Å². The van der Waals surface area contributed by atoms with Crippen LogP contribution in [0.3, 0.4) is 0 Å². The van der Waals surface area contributed by atoms with Crippen LogP contribution < -0.4 is 52.6 Å². The van der Waals surface area contributed by atoms with E-state index >= 15 is 0 Å². The second-order valence-corrected chi connectivity index (χ2v) is 20.0. The van der Waals surface area contributed by atoms with Gasteiger partial charge in [-0.15, -0.1) is 0 Å². The first kappa shape index (κ1) is 70.3. The topological polar surface area (TPSA) is 390 Å². The molecule has 9 amide bonds. The lowest BCUT2D eigenvalue weighted by atomic mass is 10.3. The Balaban J connectivity index is 0.734. The number of benzene rings is 1. The molecule has 0 spiro atoms. The minimum atomic E-state index is -0.637. The zero-order valence-electron chi connectivity index (χ0n) is 51.7. The molecule has 0 fully saturated rings. The quantitative estimate of drug-likeness (QED) is 0.0241. The zero-order valence-corrected chi connectivity index (χ0v) is 51.7. The van der Waals surface area contributed by atoms with Gasteiger partial charge in [0.15, 0.2) is 17.5 Å². The van der Waals surface area contributed by atoms with Crippen LogP contribution in [0.5, 0.6) is 5.75 Å². The number of rotatable bonds is 41. The van der Waals surface area contributed by atoms with Crippen LogP contribution in [0.15, 0.2) is 73.6 Å². The predicted octanol–water partition coefficient (Wildman–Crippen LogP) is 0.959. The Morgan fingerprint density at radius 1 is 0.396 bits per heavy atom. The van der Waals surface area contributed by atoms with E-state index in [-0.39, 0.29) is 110 Å². The van der Waals surface area contributed by atoms with Gasteiger partial charge in [0.25, 0.3) is 29.5 Å². The fourth-order valence-electron chi connectivity index (χ4n) is 8.30. The van der Waals surface area contributed by atoms with E-state index in [1.807, 2.05) is 0 Å².